The lowest BCUT2D eigenvalue weighted by atomic mass is 9.43. The summed E-state index contributed by atoms with van der Waals surface area (Å²) in [6.07, 6.45) is 0. The highest BCUT2D eigenvalue weighted by Crippen LogP contribution is 2.53. The molecule has 13 rings (SSSR count). The van der Waals surface area contributed by atoms with Crippen molar-refractivity contribution in [3.63, 3.8) is 0 Å². The van der Waals surface area contributed by atoms with Crippen molar-refractivity contribution >= 4 is 85.2 Å². The lowest BCUT2D eigenvalue weighted by Gasteiger charge is -2.46. The zero-order valence-electron chi connectivity index (χ0n) is 51.9. The maximum Gasteiger partial charge on any atom is 0.336 e. The van der Waals surface area contributed by atoms with Crippen LogP contribution in [0, 0.1) is 20.8 Å². The van der Waals surface area contributed by atoms with Crippen molar-refractivity contribution < 1.29 is 4.42 Å². The maximum atomic E-state index is 7.38. The van der Waals surface area contributed by atoms with E-state index in [4.69, 9.17) is 4.42 Å². The number of aryl methyl sites for hydroxylation is 3. The molecule has 2 aliphatic heterocycles. The van der Waals surface area contributed by atoms with Crippen molar-refractivity contribution in [1.82, 2.24) is 0 Å². The van der Waals surface area contributed by atoms with Gasteiger partial charge >= 0.3 is 6.85 Å². The summed E-state index contributed by atoms with van der Waals surface area (Å²) < 4.78 is 7.38. The second-order valence-corrected chi connectivity index (χ2v) is 28.1. The molecule has 0 bridgehead atoms. The number of benzene rings is 10. The molecular weight excluding hydrogens is 1020 g/mol. The van der Waals surface area contributed by atoms with Crippen LogP contribution in [0.15, 0.2) is 205 Å². The molecule has 2 aliphatic rings. The van der Waals surface area contributed by atoms with Gasteiger partial charge in [-0.15, -0.1) is 0 Å². The number of anilines is 8. The predicted octanol–water partition coefficient (Wildman–Crippen LogP) is 21.2. The van der Waals surface area contributed by atoms with Gasteiger partial charge in [-0.05, 0) is 195 Å². The molecule has 0 unspecified atom stereocenters. The number of fused-ring (bicyclic) bond motifs is 8. The van der Waals surface area contributed by atoms with Crippen LogP contribution in [0.25, 0.3) is 55.3 Å². The number of rotatable bonds is 7. The van der Waals surface area contributed by atoms with Crippen LogP contribution < -0.4 is 25.5 Å². The van der Waals surface area contributed by atoms with Crippen LogP contribution in [-0.4, -0.2) is 6.85 Å². The van der Waals surface area contributed by atoms with Crippen molar-refractivity contribution in [1.29, 1.82) is 0 Å². The fraction of sp³-hybridized carbons (Fsp3) is 0.241. The lowest BCUT2D eigenvalue weighted by Crippen LogP contribution is -2.61. The first-order valence-electron chi connectivity index (χ1n) is 30.2. The minimum absolute atomic E-state index is 0.00343. The van der Waals surface area contributed by atoms with Gasteiger partial charge in [-0.1, -0.05) is 198 Å². The van der Waals surface area contributed by atoms with Crippen LogP contribution in [0.1, 0.15) is 122 Å². The minimum atomic E-state index is -0.331. The van der Waals surface area contributed by atoms with Gasteiger partial charge in [0.1, 0.15) is 11.2 Å². The van der Waals surface area contributed by atoms with Crippen LogP contribution in [0.5, 0.6) is 0 Å². The van der Waals surface area contributed by atoms with Gasteiger partial charge < -0.3 is 19.0 Å². The molecule has 0 aliphatic carbocycles. The summed E-state index contributed by atoms with van der Waals surface area (Å²) in [6, 6.07) is 76.4. The van der Waals surface area contributed by atoms with Gasteiger partial charge in [0, 0.05) is 67.2 Å². The second-order valence-electron chi connectivity index (χ2n) is 28.1. The van der Waals surface area contributed by atoms with Gasteiger partial charge in [-0.3, -0.25) is 0 Å². The number of hydrogen-bond acceptors (Lipinski definition) is 4. The number of hydrogen-bond donors (Lipinski definition) is 0. The summed E-state index contributed by atoms with van der Waals surface area (Å²) in [5, 5.41) is 2.22. The first kappa shape index (κ1) is 54.7. The van der Waals surface area contributed by atoms with Gasteiger partial charge in [0.05, 0.1) is 5.69 Å². The number of nitrogens with zero attached hydrogens (tertiary/aromatic N) is 3. The molecule has 0 amide bonds. The Balaban J connectivity index is 1.18. The van der Waals surface area contributed by atoms with E-state index in [0.29, 0.717) is 0 Å². The summed E-state index contributed by atoms with van der Waals surface area (Å²) in [5.74, 6) is 0. The predicted molar refractivity (Wildman–Crippen MR) is 362 cm³/mol. The zero-order chi connectivity index (χ0) is 58.9. The molecule has 84 heavy (non-hydrogen) atoms. The van der Waals surface area contributed by atoms with Gasteiger partial charge in [0.15, 0.2) is 0 Å². The third kappa shape index (κ3) is 9.32. The Morgan fingerprint density at radius 1 is 0.381 bits per heavy atom. The summed E-state index contributed by atoms with van der Waals surface area (Å²) >= 11 is 0. The van der Waals surface area contributed by atoms with E-state index in [-0.39, 0.29) is 28.5 Å². The van der Waals surface area contributed by atoms with Gasteiger partial charge in [0.25, 0.3) is 0 Å². The van der Waals surface area contributed by atoms with Gasteiger partial charge in [0.2, 0.25) is 0 Å². The van der Waals surface area contributed by atoms with Crippen LogP contribution in [0.2, 0.25) is 0 Å². The molecule has 0 saturated carbocycles. The molecule has 0 fully saturated rings. The van der Waals surface area contributed by atoms with E-state index in [1.54, 1.807) is 0 Å². The van der Waals surface area contributed by atoms with Crippen molar-refractivity contribution in [3.05, 3.63) is 239 Å². The van der Waals surface area contributed by atoms with Crippen molar-refractivity contribution in [2.45, 2.75) is 126 Å². The molecule has 4 nitrogen and oxygen atoms in total. The summed E-state index contributed by atoms with van der Waals surface area (Å²) in [5.41, 5.74) is 29.1. The Morgan fingerprint density at radius 3 is 1.51 bits per heavy atom. The summed E-state index contributed by atoms with van der Waals surface area (Å²) in [7, 11) is 0. The van der Waals surface area contributed by atoms with Crippen LogP contribution in [-0.2, 0) is 21.7 Å². The highest BCUT2D eigenvalue weighted by Gasteiger charge is 2.48. The van der Waals surface area contributed by atoms with Crippen molar-refractivity contribution in [3.8, 4) is 33.4 Å². The Labute approximate surface area is 499 Å². The number of furan rings is 1. The first-order valence-corrected chi connectivity index (χ1v) is 30.2. The van der Waals surface area contributed by atoms with E-state index in [1.807, 2.05) is 0 Å². The molecule has 0 atom stereocenters. The lowest BCUT2D eigenvalue weighted by molar-refractivity contribution is 0.590. The number of para-hydroxylation sites is 1. The monoisotopic (exact) mass is 1100 g/mol. The molecule has 10 aromatic carbocycles. The zero-order valence-corrected chi connectivity index (χ0v) is 51.9. The van der Waals surface area contributed by atoms with E-state index in [1.165, 1.54) is 77.8 Å². The molecular formula is C79H78BN3O. The molecule has 3 heterocycles. The van der Waals surface area contributed by atoms with E-state index in [2.05, 4.69) is 319 Å². The molecule has 0 N–H and O–H groups in total. The molecule has 0 spiro atoms. The van der Waals surface area contributed by atoms with Crippen LogP contribution in [0.4, 0.5) is 45.5 Å². The first-order chi connectivity index (χ1) is 39.9. The van der Waals surface area contributed by atoms with Crippen LogP contribution in [0.3, 0.4) is 0 Å². The third-order valence-corrected chi connectivity index (χ3v) is 17.9. The maximum absolute atomic E-state index is 7.38. The molecule has 0 saturated heterocycles. The van der Waals surface area contributed by atoms with E-state index in [9.17, 15) is 0 Å². The van der Waals surface area contributed by atoms with Crippen molar-refractivity contribution in [2.24, 2.45) is 0 Å². The standard InChI is InChI=1S/C79H78BN3O/c1-49-43-50(2)72(51(3)44-49)53-45-66-62-39-38-61(81(58-32-25-54(26-33-58)76(4,5)6)59-34-27-55(28-35-59)77(7,8)9)48-69(62)83(60-36-29-56(30-37-60)78(10,11)12)80-73(66)70(46-53)82(68-42-40-64-63-23-19-20-24-71(63)84-75(64)74(68)80)67-41-31-57(79(13,14)15)47-65(67)52-21-17-16-18-22-52/h16-48H,1-15H3. The second kappa shape index (κ2) is 19.8. The van der Waals surface area contributed by atoms with E-state index >= 15 is 0 Å². The average Bonchev–Trinajstić information content (AvgIpc) is 1.00. The fourth-order valence-electron chi connectivity index (χ4n) is 13.5. The van der Waals surface area contributed by atoms with E-state index in [0.717, 1.165) is 72.9 Å². The Hall–Kier alpha value is -8.54. The summed E-state index contributed by atoms with van der Waals surface area (Å²) in [6.45, 7) is 34.1. The quantitative estimate of drug-likeness (QED) is 0.148. The molecule has 0 radical (unpaired) electrons. The largest absolute Gasteiger partial charge is 0.456 e. The topological polar surface area (TPSA) is 22.9 Å². The highest BCUT2D eigenvalue weighted by atomic mass is 16.3. The molecule has 1 aromatic heterocycles. The molecule has 5 heteroatoms. The minimum Gasteiger partial charge on any atom is -0.456 e. The van der Waals surface area contributed by atoms with E-state index < -0.39 is 0 Å². The van der Waals surface area contributed by atoms with Gasteiger partial charge in [-0.25, -0.2) is 0 Å². The third-order valence-electron chi connectivity index (χ3n) is 17.9. The Kier molecular flexibility index (Phi) is 12.9. The molecule has 418 valence electrons. The van der Waals surface area contributed by atoms with Crippen molar-refractivity contribution in [2.75, 3.05) is 14.6 Å². The normalized spacial score (nSPS) is 13.3. The smallest absolute Gasteiger partial charge is 0.336 e. The fourth-order valence-corrected chi connectivity index (χ4v) is 13.5. The average molecular weight is 1100 g/mol. The van der Waals surface area contributed by atoms with Gasteiger partial charge in [-0.2, -0.15) is 0 Å². The summed E-state index contributed by atoms with van der Waals surface area (Å²) in [4.78, 5) is 7.71. The van der Waals surface area contributed by atoms with Crippen LogP contribution >= 0.6 is 0 Å². The molecule has 11 aromatic rings. The SMILES string of the molecule is Cc1cc(C)c(-c2cc3c4c(c2)N(c2ccc(C(C)(C)C)cc2-c2ccccc2)c2ccc5c(oc6ccccc65)c2B4N(c2ccc(C(C)(C)C)cc2)c2cc(N(c4ccc(C(C)(C)C)cc4)c4ccc(C(C)(C)C)cc4)ccc2-3)c(C)c1. The Morgan fingerprint density at radius 2 is 0.917 bits per heavy atom. The highest BCUT2D eigenvalue weighted by molar-refractivity contribution is 6.95. The Bertz CT molecular complexity index is 4290.